The van der Waals surface area contributed by atoms with E-state index in [-0.39, 0.29) is 5.91 Å². The van der Waals surface area contributed by atoms with Gasteiger partial charge in [-0.2, -0.15) is 0 Å². The Balaban J connectivity index is 2.03. The van der Waals surface area contributed by atoms with Gasteiger partial charge in [0.15, 0.2) is 11.5 Å². The standard InChI is InChI=1S/C17H24N2O3/c1-4-22-16-13-14(5-7-15(16)21-3)6-8-17(20)19-11-9-18(2)10-12-19/h5-8,13H,4,9-12H2,1-3H3/b8-6+. The van der Waals surface area contributed by atoms with Crippen LogP contribution >= 0.6 is 0 Å². The van der Waals surface area contributed by atoms with E-state index >= 15 is 0 Å². The predicted octanol–water partition coefficient (Wildman–Crippen LogP) is 1.88. The van der Waals surface area contributed by atoms with Gasteiger partial charge >= 0.3 is 0 Å². The molecule has 1 aliphatic heterocycles. The molecule has 2 rings (SSSR count). The first-order valence-electron chi connectivity index (χ1n) is 7.60. The van der Waals surface area contributed by atoms with Crippen LogP contribution < -0.4 is 9.47 Å². The number of piperazine rings is 1. The Bertz CT molecular complexity index is 535. The SMILES string of the molecule is CCOc1cc(/C=C/C(=O)N2CCN(C)CC2)ccc1OC. The Kier molecular flexibility index (Phi) is 5.83. The minimum Gasteiger partial charge on any atom is -0.493 e. The summed E-state index contributed by atoms with van der Waals surface area (Å²) in [6.45, 7) is 5.93. The summed E-state index contributed by atoms with van der Waals surface area (Å²) in [6.07, 6.45) is 3.45. The number of amides is 1. The van der Waals surface area contributed by atoms with Crippen LogP contribution in [0.4, 0.5) is 0 Å². The second kappa shape index (κ2) is 7.84. The molecule has 1 aromatic carbocycles. The number of hydrogen-bond acceptors (Lipinski definition) is 4. The molecule has 0 unspecified atom stereocenters. The minimum absolute atomic E-state index is 0.0573. The Morgan fingerprint density at radius 1 is 1.23 bits per heavy atom. The van der Waals surface area contributed by atoms with Crippen LogP contribution in [-0.4, -0.2) is 62.7 Å². The molecule has 1 amide bonds. The summed E-state index contributed by atoms with van der Waals surface area (Å²) in [5, 5.41) is 0. The van der Waals surface area contributed by atoms with Crippen molar-refractivity contribution in [3.8, 4) is 11.5 Å². The largest absolute Gasteiger partial charge is 0.493 e. The number of ether oxygens (including phenoxy) is 2. The lowest BCUT2D eigenvalue weighted by atomic mass is 10.2. The highest BCUT2D eigenvalue weighted by molar-refractivity contribution is 5.92. The van der Waals surface area contributed by atoms with E-state index in [0.717, 1.165) is 31.7 Å². The molecule has 0 atom stereocenters. The molecule has 120 valence electrons. The van der Waals surface area contributed by atoms with Gasteiger partial charge < -0.3 is 19.3 Å². The maximum atomic E-state index is 12.2. The number of benzene rings is 1. The summed E-state index contributed by atoms with van der Waals surface area (Å²) in [4.78, 5) is 16.3. The summed E-state index contributed by atoms with van der Waals surface area (Å²) in [5.41, 5.74) is 0.923. The smallest absolute Gasteiger partial charge is 0.246 e. The second-order valence-electron chi connectivity index (χ2n) is 5.31. The molecule has 0 radical (unpaired) electrons. The number of hydrogen-bond donors (Lipinski definition) is 0. The fourth-order valence-corrected chi connectivity index (χ4v) is 2.37. The molecule has 0 N–H and O–H groups in total. The van der Waals surface area contributed by atoms with Crippen LogP contribution in [0.15, 0.2) is 24.3 Å². The highest BCUT2D eigenvalue weighted by Gasteiger charge is 2.16. The fourth-order valence-electron chi connectivity index (χ4n) is 2.37. The zero-order valence-electron chi connectivity index (χ0n) is 13.5. The first-order chi connectivity index (χ1) is 10.6. The van der Waals surface area contributed by atoms with Crippen molar-refractivity contribution in [3.63, 3.8) is 0 Å². The Morgan fingerprint density at radius 3 is 2.59 bits per heavy atom. The maximum absolute atomic E-state index is 12.2. The zero-order chi connectivity index (χ0) is 15.9. The van der Waals surface area contributed by atoms with E-state index in [2.05, 4.69) is 11.9 Å². The second-order valence-corrected chi connectivity index (χ2v) is 5.31. The highest BCUT2D eigenvalue weighted by atomic mass is 16.5. The molecule has 5 heteroatoms. The monoisotopic (exact) mass is 304 g/mol. The van der Waals surface area contributed by atoms with Crippen molar-refractivity contribution in [2.24, 2.45) is 0 Å². The van der Waals surface area contributed by atoms with E-state index in [1.54, 1.807) is 13.2 Å². The van der Waals surface area contributed by atoms with Crippen LogP contribution in [0.2, 0.25) is 0 Å². The molecule has 1 aromatic rings. The molecule has 1 saturated heterocycles. The molecular weight excluding hydrogens is 280 g/mol. The summed E-state index contributed by atoms with van der Waals surface area (Å²) in [7, 11) is 3.69. The van der Waals surface area contributed by atoms with Crippen LogP contribution in [0.5, 0.6) is 11.5 Å². The lowest BCUT2D eigenvalue weighted by Crippen LogP contribution is -2.46. The number of rotatable bonds is 5. The van der Waals surface area contributed by atoms with Crippen molar-refractivity contribution in [3.05, 3.63) is 29.8 Å². The van der Waals surface area contributed by atoms with Crippen LogP contribution in [0.3, 0.4) is 0 Å². The van der Waals surface area contributed by atoms with Gasteiger partial charge in [0, 0.05) is 32.3 Å². The topological polar surface area (TPSA) is 42.0 Å². The average molecular weight is 304 g/mol. The van der Waals surface area contributed by atoms with Crippen molar-refractivity contribution in [2.45, 2.75) is 6.92 Å². The van der Waals surface area contributed by atoms with Crippen molar-refractivity contribution in [1.29, 1.82) is 0 Å². The molecule has 1 heterocycles. The lowest BCUT2D eigenvalue weighted by Gasteiger charge is -2.31. The number of carbonyl (C=O) groups excluding carboxylic acids is 1. The van der Waals surface area contributed by atoms with Gasteiger partial charge in [0.25, 0.3) is 0 Å². The van der Waals surface area contributed by atoms with Gasteiger partial charge in [0.2, 0.25) is 5.91 Å². The van der Waals surface area contributed by atoms with E-state index < -0.39 is 0 Å². The fraction of sp³-hybridized carbons (Fsp3) is 0.471. The van der Waals surface area contributed by atoms with E-state index in [9.17, 15) is 4.79 Å². The van der Waals surface area contributed by atoms with Crippen molar-refractivity contribution >= 4 is 12.0 Å². The van der Waals surface area contributed by atoms with Crippen molar-refractivity contribution in [2.75, 3.05) is 46.9 Å². The molecule has 1 aliphatic rings. The summed E-state index contributed by atoms with van der Waals surface area (Å²) < 4.78 is 10.8. The van der Waals surface area contributed by atoms with Gasteiger partial charge in [-0.1, -0.05) is 6.07 Å². The van der Waals surface area contributed by atoms with Gasteiger partial charge in [-0.15, -0.1) is 0 Å². The molecule has 22 heavy (non-hydrogen) atoms. The van der Waals surface area contributed by atoms with E-state index in [1.807, 2.05) is 36.1 Å². The molecule has 0 aliphatic carbocycles. The molecule has 1 fully saturated rings. The number of methoxy groups -OCH3 is 1. The highest BCUT2D eigenvalue weighted by Crippen LogP contribution is 2.28. The first-order valence-corrected chi connectivity index (χ1v) is 7.60. The van der Waals surface area contributed by atoms with Crippen LogP contribution in [0, 0.1) is 0 Å². The quantitative estimate of drug-likeness (QED) is 0.779. The average Bonchev–Trinajstić information content (AvgIpc) is 2.54. The third kappa shape index (κ3) is 4.24. The van der Waals surface area contributed by atoms with Gasteiger partial charge in [-0.25, -0.2) is 0 Å². The van der Waals surface area contributed by atoms with Gasteiger partial charge in [0.05, 0.1) is 13.7 Å². The molecular formula is C17H24N2O3. The van der Waals surface area contributed by atoms with Crippen LogP contribution in [-0.2, 0) is 4.79 Å². The third-order valence-electron chi connectivity index (χ3n) is 3.72. The summed E-state index contributed by atoms with van der Waals surface area (Å²) >= 11 is 0. The Morgan fingerprint density at radius 2 is 1.95 bits per heavy atom. The summed E-state index contributed by atoms with van der Waals surface area (Å²) in [6, 6.07) is 5.65. The zero-order valence-corrected chi connectivity index (χ0v) is 13.5. The predicted molar refractivity (Wildman–Crippen MR) is 87.3 cm³/mol. The molecule has 0 bridgehead atoms. The van der Waals surface area contributed by atoms with Crippen molar-refractivity contribution in [1.82, 2.24) is 9.80 Å². The number of likely N-dealkylation sites (N-methyl/N-ethyl adjacent to an activating group) is 1. The number of carbonyl (C=O) groups is 1. The van der Waals surface area contributed by atoms with E-state index in [1.165, 1.54) is 0 Å². The van der Waals surface area contributed by atoms with Crippen LogP contribution in [0.1, 0.15) is 12.5 Å². The molecule has 5 nitrogen and oxygen atoms in total. The Hall–Kier alpha value is -2.01. The lowest BCUT2D eigenvalue weighted by molar-refractivity contribution is -0.127. The van der Waals surface area contributed by atoms with Gasteiger partial charge in [-0.3, -0.25) is 4.79 Å². The third-order valence-corrected chi connectivity index (χ3v) is 3.72. The van der Waals surface area contributed by atoms with Crippen molar-refractivity contribution < 1.29 is 14.3 Å². The first kappa shape index (κ1) is 16.4. The summed E-state index contributed by atoms with van der Waals surface area (Å²) in [5.74, 6) is 1.45. The molecule has 0 aromatic heterocycles. The van der Waals surface area contributed by atoms with Gasteiger partial charge in [-0.05, 0) is 37.7 Å². The van der Waals surface area contributed by atoms with E-state index in [4.69, 9.17) is 9.47 Å². The maximum Gasteiger partial charge on any atom is 0.246 e. The minimum atomic E-state index is 0.0573. The molecule has 0 spiro atoms. The number of nitrogens with zero attached hydrogens (tertiary/aromatic N) is 2. The van der Waals surface area contributed by atoms with E-state index in [0.29, 0.717) is 18.1 Å². The molecule has 0 saturated carbocycles. The van der Waals surface area contributed by atoms with Gasteiger partial charge in [0.1, 0.15) is 0 Å². The normalized spacial score (nSPS) is 16.0. The van der Waals surface area contributed by atoms with Crippen LogP contribution in [0.25, 0.3) is 6.08 Å². The Labute approximate surface area is 132 Å².